The number of nitrogens with zero attached hydrogens (tertiary/aromatic N) is 2. The minimum atomic E-state index is -0.145. The average molecular weight is 358 g/mol. The van der Waals surface area contributed by atoms with Crippen molar-refractivity contribution >= 4 is 28.8 Å². The molecule has 2 aromatic heterocycles. The molecule has 24 heavy (non-hydrogen) atoms. The Bertz CT molecular complexity index is 845. The van der Waals surface area contributed by atoms with Crippen LogP contribution in [0.25, 0.3) is 11.3 Å². The smallest absolute Gasteiger partial charge is 0.251 e. The summed E-state index contributed by atoms with van der Waals surface area (Å²) in [6, 6.07) is 11.5. The Labute approximate surface area is 149 Å². The second-order valence-corrected chi connectivity index (χ2v) is 6.77. The summed E-state index contributed by atoms with van der Waals surface area (Å²) in [6.07, 6.45) is 2.29. The molecule has 0 bridgehead atoms. The highest BCUT2D eigenvalue weighted by atomic mass is 35.5. The van der Waals surface area contributed by atoms with Crippen LogP contribution in [-0.2, 0) is 6.42 Å². The Morgan fingerprint density at radius 2 is 2.04 bits per heavy atom. The number of amides is 1. The molecule has 4 nitrogen and oxygen atoms in total. The molecule has 6 heteroatoms. The number of nitrogens with one attached hydrogen (secondary N) is 1. The van der Waals surface area contributed by atoms with Crippen LogP contribution in [0.5, 0.6) is 0 Å². The van der Waals surface area contributed by atoms with Crippen molar-refractivity contribution < 1.29 is 4.79 Å². The summed E-state index contributed by atoms with van der Waals surface area (Å²) >= 11 is 7.44. The van der Waals surface area contributed by atoms with Crippen LogP contribution in [0.1, 0.15) is 20.9 Å². The normalized spacial score (nSPS) is 10.6. The molecule has 2 heterocycles. The van der Waals surface area contributed by atoms with E-state index in [1.54, 1.807) is 23.5 Å². The van der Waals surface area contributed by atoms with Crippen LogP contribution in [0.15, 0.2) is 48.0 Å². The Balaban J connectivity index is 1.54. The monoisotopic (exact) mass is 357 g/mol. The molecule has 0 radical (unpaired) electrons. The summed E-state index contributed by atoms with van der Waals surface area (Å²) in [6.45, 7) is 2.56. The lowest BCUT2D eigenvalue weighted by molar-refractivity contribution is 0.0954. The standard InChI is InChI=1S/C18H16ClN3OS/c1-12-22-16(11-24-12)14-4-2-13(3-5-14)6-8-21-18(23)15-7-9-20-17(19)10-15/h2-5,7,9-11H,6,8H2,1H3,(H,21,23). The average Bonchev–Trinajstić information content (AvgIpc) is 3.02. The molecule has 3 rings (SSSR count). The van der Waals surface area contributed by atoms with E-state index in [4.69, 9.17) is 11.6 Å². The van der Waals surface area contributed by atoms with Gasteiger partial charge in [0, 0.05) is 29.2 Å². The summed E-state index contributed by atoms with van der Waals surface area (Å²) in [4.78, 5) is 20.4. The first-order chi connectivity index (χ1) is 11.6. The van der Waals surface area contributed by atoms with Gasteiger partial charge in [-0.05, 0) is 31.0 Å². The van der Waals surface area contributed by atoms with Gasteiger partial charge in [0.1, 0.15) is 5.15 Å². The van der Waals surface area contributed by atoms with Crippen molar-refractivity contribution in [3.05, 3.63) is 69.3 Å². The van der Waals surface area contributed by atoms with Gasteiger partial charge < -0.3 is 5.32 Å². The van der Waals surface area contributed by atoms with Gasteiger partial charge in [-0.15, -0.1) is 11.3 Å². The number of hydrogen-bond acceptors (Lipinski definition) is 4. The predicted octanol–water partition coefficient (Wildman–Crippen LogP) is 4.14. The third-order valence-corrected chi connectivity index (χ3v) is 4.54. The van der Waals surface area contributed by atoms with E-state index in [-0.39, 0.29) is 5.91 Å². The molecule has 0 spiro atoms. The Morgan fingerprint density at radius 3 is 2.71 bits per heavy atom. The number of halogens is 1. The fraction of sp³-hybridized carbons (Fsp3) is 0.167. The maximum Gasteiger partial charge on any atom is 0.251 e. The van der Waals surface area contributed by atoms with Crippen molar-refractivity contribution in [3.63, 3.8) is 0 Å². The van der Waals surface area contributed by atoms with Gasteiger partial charge in [0.25, 0.3) is 5.91 Å². The first-order valence-electron chi connectivity index (χ1n) is 7.53. The Morgan fingerprint density at radius 1 is 1.25 bits per heavy atom. The zero-order valence-corrected chi connectivity index (χ0v) is 14.7. The number of carbonyl (C=O) groups is 1. The first kappa shape index (κ1) is 16.6. The molecular formula is C18H16ClN3OS. The van der Waals surface area contributed by atoms with Crippen molar-refractivity contribution in [1.82, 2.24) is 15.3 Å². The Hall–Kier alpha value is -2.24. The number of thiazole rings is 1. The predicted molar refractivity (Wildman–Crippen MR) is 97.6 cm³/mol. The molecule has 0 fully saturated rings. The van der Waals surface area contributed by atoms with Gasteiger partial charge in [-0.2, -0.15) is 0 Å². The van der Waals surface area contributed by atoms with E-state index in [1.807, 2.05) is 6.92 Å². The molecule has 3 aromatic rings. The van der Waals surface area contributed by atoms with E-state index in [9.17, 15) is 4.79 Å². The molecule has 0 saturated carbocycles. The number of benzene rings is 1. The largest absolute Gasteiger partial charge is 0.352 e. The number of aryl methyl sites for hydroxylation is 1. The third kappa shape index (κ3) is 4.19. The summed E-state index contributed by atoms with van der Waals surface area (Å²) < 4.78 is 0. The minimum absolute atomic E-state index is 0.145. The minimum Gasteiger partial charge on any atom is -0.352 e. The number of aromatic nitrogens is 2. The van der Waals surface area contributed by atoms with Gasteiger partial charge in [-0.25, -0.2) is 9.97 Å². The highest BCUT2D eigenvalue weighted by Crippen LogP contribution is 2.21. The molecule has 1 N–H and O–H groups in total. The van der Waals surface area contributed by atoms with Crippen LogP contribution in [-0.4, -0.2) is 22.4 Å². The summed E-state index contributed by atoms with van der Waals surface area (Å²) in [5.74, 6) is -0.145. The molecule has 1 aromatic carbocycles. The molecule has 0 unspecified atom stereocenters. The molecule has 0 saturated heterocycles. The van der Waals surface area contributed by atoms with Gasteiger partial charge in [0.2, 0.25) is 0 Å². The van der Waals surface area contributed by atoms with Gasteiger partial charge >= 0.3 is 0 Å². The van der Waals surface area contributed by atoms with Gasteiger partial charge in [-0.3, -0.25) is 4.79 Å². The molecule has 0 aliphatic carbocycles. The molecule has 1 amide bonds. The van der Waals surface area contributed by atoms with Gasteiger partial charge in [-0.1, -0.05) is 35.9 Å². The van der Waals surface area contributed by atoms with E-state index >= 15 is 0 Å². The quantitative estimate of drug-likeness (QED) is 0.698. The third-order valence-electron chi connectivity index (χ3n) is 3.56. The van der Waals surface area contributed by atoms with Crippen molar-refractivity contribution in [1.29, 1.82) is 0 Å². The van der Waals surface area contributed by atoms with Crippen LogP contribution in [0.2, 0.25) is 5.15 Å². The number of hydrogen-bond donors (Lipinski definition) is 1. The van der Waals surface area contributed by atoms with E-state index in [0.717, 1.165) is 22.7 Å². The SMILES string of the molecule is Cc1nc(-c2ccc(CCNC(=O)c3ccnc(Cl)c3)cc2)cs1. The van der Waals surface area contributed by atoms with Crippen LogP contribution >= 0.6 is 22.9 Å². The zero-order valence-electron chi connectivity index (χ0n) is 13.1. The fourth-order valence-electron chi connectivity index (χ4n) is 2.30. The molecule has 0 aliphatic rings. The van der Waals surface area contributed by atoms with Crippen molar-refractivity contribution in [3.8, 4) is 11.3 Å². The first-order valence-corrected chi connectivity index (χ1v) is 8.79. The van der Waals surface area contributed by atoms with Crippen LogP contribution < -0.4 is 5.32 Å². The van der Waals surface area contributed by atoms with Gasteiger partial charge in [0.05, 0.1) is 10.7 Å². The van der Waals surface area contributed by atoms with E-state index in [1.165, 1.54) is 11.8 Å². The lowest BCUT2D eigenvalue weighted by Gasteiger charge is -2.06. The topological polar surface area (TPSA) is 54.9 Å². The van der Waals surface area contributed by atoms with Crippen LogP contribution in [0, 0.1) is 6.92 Å². The summed E-state index contributed by atoms with van der Waals surface area (Å²) in [5.41, 5.74) is 3.80. The maximum atomic E-state index is 12.0. The van der Waals surface area contributed by atoms with E-state index < -0.39 is 0 Å². The Kier molecular flexibility index (Phi) is 5.23. The maximum absolute atomic E-state index is 12.0. The lowest BCUT2D eigenvalue weighted by Crippen LogP contribution is -2.25. The summed E-state index contributed by atoms with van der Waals surface area (Å²) in [7, 11) is 0. The second-order valence-electron chi connectivity index (χ2n) is 5.32. The van der Waals surface area contributed by atoms with Crippen molar-refractivity contribution in [2.24, 2.45) is 0 Å². The number of carbonyl (C=O) groups excluding carboxylic acids is 1. The fourth-order valence-corrected chi connectivity index (χ4v) is 3.10. The summed E-state index contributed by atoms with van der Waals surface area (Å²) in [5, 5.41) is 6.33. The molecule has 0 aliphatic heterocycles. The zero-order chi connectivity index (χ0) is 16.9. The van der Waals surface area contributed by atoms with E-state index in [2.05, 4.69) is 44.9 Å². The number of pyridine rings is 1. The lowest BCUT2D eigenvalue weighted by atomic mass is 10.1. The highest BCUT2D eigenvalue weighted by Gasteiger charge is 2.06. The van der Waals surface area contributed by atoms with E-state index in [0.29, 0.717) is 17.3 Å². The van der Waals surface area contributed by atoms with Crippen LogP contribution in [0.3, 0.4) is 0 Å². The van der Waals surface area contributed by atoms with Crippen molar-refractivity contribution in [2.45, 2.75) is 13.3 Å². The number of rotatable bonds is 5. The van der Waals surface area contributed by atoms with Crippen LogP contribution in [0.4, 0.5) is 0 Å². The van der Waals surface area contributed by atoms with Gasteiger partial charge in [0.15, 0.2) is 0 Å². The second kappa shape index (κ2) is 7.55. The van der Waals surface area contributed by atoms with Crippen molar-refractivity contribution in [2.75, 3.05) is 6.54 Å². The molecule has 122 valence electrons. The molecule has 0 atom stereocenters. The molecular weight excluding hydrogens is 342 g/mol. The highest BCUT2D eigenvalue weighted by molar-refractivity contribution is 7.09.